The number of non-ortho nitro benzene ring substituents is 1. The first kappa shape index (κ1) is 28.3. The Kier molecular flexibility index (Phi) is 9.89. The number of nitro groups is 1. The Morgan fingerprint density at radius 2 is 2.03 bits per heavy atom. The monoisotopic (exact) mass is 567 g/mol. The molecule has 1 aliphatic heterocycles. The number of thiazole rings is 1. The van der Waals surface area contributed by atoms with E-state index in [0.29, 0.717) is 5.56 Å². The second-order valence-electron chi connectivity index (χ2n) is 7.62. The van der Waals surface area contributed by atoms with Crippen molar-refractivity contribution in [3.05, 3.63) is 51.0 Å². The Labute approximate surface area is 224 Å². The molecule has 0 spiro atoms. The lowest BCUT2D eigenvalue weighted by Crippen LogP contribution is -2.70. The van der Waals surface area contributed by atoms with Crippen molar-refractivity contribution in [2.24, 2.45) is 5.16 Å². The molecule has 15 nitrogen and oxygen atoms in total. The van der Waals surface area contributed by atoms with E-state index in [9.17, 15) is 29.3 Å². The topological polar surface area (TPSA) is 203 Å². The van der Waals surface area contributed by atoms with E-state index < -0.39 is 40.8 Å². The van der Waals surface area contributed by atoms with Crippen molar-refractivity contribution < 1.29 is 33.7 Å². The maximum absolute atomic E-state index is 12.8. The lowest BCUT2D eigenvalue weighted by molar-refractivity contribution is -0.384. The molecule has 0 bridgehead atoms. The van der Waals surface area contributed by atoms with Crippen molar-refractivity contribution in [2.45, 2.75) is 25.1 Å². The van der Waals surface area contributed by atoms with Crippen molar-refractivity contribution in [3.8, 4) is 0 Å². The van der Waals surface area contributed by atoms with E-state index in [1.165, 1.54) is 36.8 Å². The molecular weight excluding hydrogens is 546 g/mol. The van der Waals surface area contributed by atoms with Crippen LogP contribution in [0.3, 0.4) is 0 Å². The first-order valence-corrected chi connectivity index (χ1v) is 12.3. The number of nitrogens with one attached hydrogen (secondary N) is 4. The number of β-lactam (4-membered cyclic amide) rings is 1. The summed E-state index contributed by atoms with van der Waals surface area (Å²) in [7, 11) is 1.24. The van der Waals surface area contributed by atoms with Crippen molar-refractivity contribution in [1.82, 2.24) is 20.9 Å². The van der Waals surface area contributed by atoms with Gasteiger partial charge >= 0.3 is 6.09 Å². The minimum atomic E-state index is -0.892. The summed E-state index contributed by atoms with van der Waals surface area (Å²) in [6.07, 6.45) is -0.435. The number of nitro benzene ring substituents is 1. The number of aromatic nitrogens is 1. The third-order valence-corrected chi connectivity index (χ3v) is 6.05. The van der Waals surface area contributed by atoms with Gasteiger partial charge in [-0.3, -0.25) is 24.5 Å². The molecule has 2 atom stereocenters. The molecule has 4 amide bonds. The summed E-state index contributed by atoms with van der Waals surface area (Å²) >= 11 is 6.50. The van der Waals surface area contributed by atoms with Crippen molar-refractivity contribution in [3.63, 3.8) is 0 Å². The fourth-order valence-corrected chi connectivity index (χ4v) is 3.97. The standard InChI is InChI=1S/C21H22ClN7O8S/c1-36-28-17(14-10-38-20(25-14)26-15(30)8-22)19(32)27-16-13(24-18(16)31)6-7-23-21(33)37-9-11-2-4-12(5-3-11)29(34)35/h2-5,10,13,16H,6-9H2,1H3,(H,23,33)(H,24,31)(H,27,32)(H,25,26,30). The Morgan fingerprint density at radius 1 is 1.29 bits per heavy atom. The number of benzene rings is 1. The number of nitrogens with zero attached hydrogens (tertiary/aromatic N) is 3. The number of hydrogen-bond donors (Lipinski definition) is 4. The normalized spacial score (nSPS) is 16.5. The van der Waals surface area contributed by atoms with E-state index in [1.54, 1.807) is 0 Å². The molecule has 1 aliphatic rings. The number of halogens is 1. The number of alkyl carbamates (subject to hydrolysis) is 1. The van der Waals surface area contributed by atoms with Crippen LogP contribution >= 0.6 is 22.9 Å². The van der Waals surface area contributed by atoms with E-state index in [2.05, 4.69) is 31.4 Å². The van der Waals surface area contributed by atoms with E-state index in [0.717, 1.165) is 11.3 Å². The van der Waals surface area contributed by atoms with Gasteiger partial charge in [0.2, 0.25) is 11.8 Å². The smallest absolute Gasteiger partial charge is 0.407 e. The molecule has 0 saturated carbocycles. The van der Waals surface area contributed by atoms with Crippen LogP contribution in [-0.2, 0) is 30.6 Å². The summed E-state index contributed by atoms with van der Waals surface area (Å²) in [4.78, 5) is 67.2. The molecule has 3 rings (SSSR count). The van der Waals surface area contributed by atoms with Crippen LogP contribution in [0.5, 0.6) is 0 Å². The zero-order valence-corrected chi connectivity index (χ0v) is 21.3. The van der Waals surface area contributed by atoms with Gasteiger partial charge in [-0.05, 0) is 24.1 Å². The van der Waals surface area contributed by atoms with Crippen LogP contribution in [0.2, 0.25) is 0 Å². The quantitative estimate of drug-likeness (QED) is 0.0943. The summed E-state index contributed by atoms with van der Waals surface area (Å²) in [5, 5.41) is 26.2. The highest BCUT2D eigenvalue weighted by atomic mass is 35.5. The first-order valence-electron chi connectivity index (χ1n) is 10.9. The van der Waals surface area contributed by atoms with Gasteiger partial charge in [-0.1, -0.05) is 5.16 Å². The van der Waals surface area contributed by atoms with Crippen molar-refractivity contribution in [2.75, 3.05) is 24.9 Å². The van der Waals surface area contributed by atoms with Crippen LogP contribution in [0.25, 0.3) is 0 Å². The van der Waals surface area contributed by atoms with Crippen LogP contribution in [0.15, 0.2) is 34.8 Å². The SMILES string of the molecule is CON=C(C(=O)NC1C(=O)NC1CCNC(=O)OCc1ccc([N+](=O)[O-])cc1)c1csc(NC(=O)CCl)n1. The minimum absolute atomic E-state index is 0.0740. The summed E-state index contributed by atoms with van der Waals surface area (Å²) < 4.78 is 5.07. The molecule has 17 heteroatoms. The molecule has 0 aliphatic carbocycles. The van der Waals surface area contributed by atoms with Crippen LogP contribution in [0.1, 0.15) is 17.7 Å². The maximum atomic E-state index is 12.8. The molecule has 1 aromatic heterocycles. The van der Waals surface area contributed by atoms with Gasteiger partial charge in [-0.25, -0.2) is 9.78 Å². The molecule has 2 aromatic rings. The average Bonchev–Trinajstić information content (AvgIpc) is 3.36. The minimum Gasteiger partial charge on any atom is -0.445 e. The molecule has 2 heterocycles. The predicted molar refractivity (Wildman–Crippen MR) is 135 cm³/mol. The van der Waals surface area contributed by atoms with Gasteiger partial charge in [0.25, 0.3) is 11.6 Å². The molecule has 38 heavy (non-hydrogen) atoms. The Hall–Kier alpha value is -4.31. The van der Waals surface area contributed by atoms with Crippen molar-refractivity contribution in [1.29, 1.82) is 0 Å². The van der Waals surface area contributed by atoms with Gasteiger partial charge in [-0.15, -0.1) is 22.9 Å². The van der Waals surface area contributed by atoms with Gasteiger partial charge < -0.3 is 30.8 Å². The van der Waals surface area contributed by atoms with E-state index >= 15 is 0 Å². The molecule has 1 saturated heterocycles. The average molecular weight is 568 g/mol. The molecule has 2 unspecified atom stereocenters. The number of alkyl halides is 1. The number of hydrogen-bond acceptors (Lipinski definition) is 11. The summed E-state index contributed by atoms with van der Waals surface area (Å²) in [6.45, 7) is 0.0450. The Bertz CT molecular complexity index is 1240. The lowest BCUT2D eigenvalue weighted by Gasteiger charge is -2.37. The molecule has 4 N–H and O–H groups in total. The molecular formula is C21H22ClN7O8S. The van der Waals surface area contributed by atoms with Crippen LogP contribution in [0, 0.1) is 10.1 Å². The highest BCUT2D eigenvalue weighted by Gasteiger charge is 2.41. The van der Waals surface area contributed by atoms with E-state index in [4.69, 9.17) is 21.2 Å². The highest BCUT2D eigenvalue weighted by Crippen LogP contribution is 2.18. The van der Waals surface area contributed by atoms with Crippen LogP contribution in [-0.4, -0.2) is 71.1 Å². The number of rotatable bonds is 12. The second kappa shape index (κ2) is 13.3. The van der Waals surface area contributed by atoms with Gasteiger partial charge in [0.05, 0.1) is 11.0 Å². The first-order chi connectivity index (χ1) is 18.2. The number of ether oxygens (including phenoxy) is 1. The third-order valence-electron chi connectivity index (χ3n) is 5.05. The summed E-state index contributed by atoms with van der Waals surface area (Å²) in [5.74, 6) is -1.89. The maximum Gasteiger partial charge on any atom is 0.407 e. The zero-order chi connectivity index (χ0) is 27.7. The molecule has 1 fully saturated rings. The lowest BCUT2D eigenvalue weighted by atomic mass is 9.95. The highest BCUT2D eigenvalue weighted by molar-refractivity contribution is 7.14. The number of oxime groups is 1. The van der Waals surface area contributed by atoms with Crippen molar-refractivity contribution >= 4 is 63.3 Å². The number of carbonyl (C=O) groups excluding carboxylic acids is 4. The Morgan fingerprint density at radius 3 is 2.66 bits per heavy atom. The zero-order valence-electron chi connectivity index (χ0n) is 19.8. The second-order valence-corrected chi connectivity index (χ2v) is 8.75. The number of anilines is 1. The van der Waals surface area contributed by atoms with E-state index in [1.807, 2.05) is 0 Å². The molecule has 202 valence electrons. The van der Waals surface area contributed by atoms with Gasteiger partial charge in [0.15, 0.2) is 10.8 Å². The summed E-state index contributed by atoms with van der Waals surface area (Å²) in [5.41, 5.74) is 0.409. The van der Waals surface area contributed by atoms with Gasteiger partial charge in [-0.2, -0.15) is 0 Å². The number of amides is 4. The molecule has 1 aromatic carbocycles. The summed E-state index contributed by atoms with van der Waals surface area (Å²) in [6, 6.07) is 4.20. The van der Waals surface area contributed by atoms with E-state index in [-0.39, 0.29) is 47.7 Å². The number of carbonyl (C=O) groups is 4. The largest absolute Gasteiger partial charge is 0.445 e. The third kappa shape index (κ3) is 7.59. The fourth-order valence-electron chi connectivity index (χ4n) is 3.19. The molecule has 0 radical (unpaired) electrons. The fraction of sp³-hybridized carbons (Fsp3) is 0.333. The van der Waals surface area contributed by atoms with Crippen LogP contribution < -0.4 is 21.3 Å². The van der Waals surface area contributed by atoms with Gasteiger partial charge in [0.1, 0.15) is 31.3 Å². The Balaban J connectivity index is 1.47. The van der Waals surface area contributed by atoms with Crippen LogP contribution in [0.4, 0.5) is 15.6 Å². The van der Waals surface area contributed by atoms with Gasteiger partial charge in [0, 0.05) is 24.1 Å². The predicted octanol–water partition coefficient (Wildman–Crippen LogP) is 0.879.